The molecule has 2 aromatic heterocycles. The van der Waals surface area contributed by atoms with Crippen molar-refractivity contribution in [2.45, 2.75) is 63.5 Å². The van der Waals surface area contributed by atoms with Crippen LogP contribution in [0.25, 0.3) is 16.8 Å². The number of hydrogen-bond donors (Lipinski definition) is 2. The Morgan fingerprint density at radius 3 is 2.48 bits per heavy atom. The van der Waals surface area contributed by atoms with E-state index in [1.165, 1.54) is 10.7 Å². The quantitative estimate of drug-likeness (QED) is 0.525. The third-order valence-corrected chi connectivity index (χ3v) is 5.77. The molecule has 33 heavy (non-hydrogen) atoms. The molecule has 1 fully saturated rings. The van der Waals surface area contributed by atoms with E-state index in [9.17, 15) is 31.4 Å². The molecule has 12 heteroatoms. The molecule has 6 nitrogen and oxygen atoms in total. The summed E-state index contributed by atoms with van der Waals surface area (Å²) in [6.07, 6.45) is -7.10. The Bertz CT molecular complexity index is 1160. The third kappa shape index (κ3) is 4.90. The fraction of sp³-hybridized carbons (Fsp3) is 0.476. The zero-order valence-electron chi connectivity index (χ0n) is 17.5. The standard InChI is InChI=1S/C21H21F6N5O/c1-11-18-17(14-7-6-13(21(25,26)27)8-12(14)9-20(22,23)24)30-31-19(32(18)10-28-11)29-15-4-2-3-5-16(15)33/h6-8,10,15-16,33H,2-5,9H2,1H3,(H,29,31)/t15?,16-/m1/s1. The normalized spacial score (nSPS) is 19.8. The highest BCUT2D eigenvalue weighted by molar-refractivity contribution is 5.81. The summed E-state index contributed by atoms with van der Waals surface area (Å²) in [5.74, 6) is 0.240. The summed E-state index contributed by atoms with van der Waals surface area (Å²) in [7, 11) is 0. The monoisotopic (exact) mass is 473 g/mol. The Kier molecular flexibility index (Phi) is 5.97. The lowest BCUT2D eigenvalue weighted by atomic mass is 9.93. The summed E-state index contributed by atoms with van der Waals surface area (Å²) in [5, 5.41) is 21.5. The lowest BCUT2D eigenvalue weighted by molar-refractivity contribution is -0.138. The molecule has 2 heterocycles. The molecular formula is C21H21F6N5O. The molecule has 1 unspecified atom stereocenters. The SMILES string of the molecule is Cc1ncn2c(NC3CCCC[C@H]3O)nnc(-c3ccc(C(F)(F)F)cc3CC(F)(F)F)c12. The number of rotatable bonds is 4. The molecule has 0 radical (unpaired) electrons. The summed E-state index contributed by atoms with van der Waals surface area (Å²) in [6, 6.07) is 1.93. The summed E-state index contributed by atoms with van der Waals surface area (Å²) < 4.78 is 80.5. The maximum absolute atomic E-state index is 13.2. The van der Waals surface area contributed by atoms with Crippen LogP contribution in [0.15, 0.2) is 24.5 Å². The molecule has 0 saturated heterocycles. The fourth-order valence-corrected chi connectivity index (χ4v) is 4.17. The van der Waals surface area contributed by atoms with Crippen LogP contribution in [0.5, 0.6) is 0 Å². The number of aliphatic hydroxyl groups excluding tert-OH is 1. The van der Waals surface area contributed by atoms with Crippen molar-refractivity contribution >= 4 is 11.5 Å². The van der Waals surface area contributed by atoms with Gasteiger partial charge < -0.3 is 10.4 Å². The number of halogens is 6. The van der Waals surface area contributed by atoms with Gasteiger partial charge in [-0.15, -0.1) is 10.2 Å². The van der Waals surface area contributed by atoms with Crippen molar-refractivity contribution in [3.8, 4) is 11.3 Å². The number of aliphatic hydroxyl groups is 1. The number of anilines is 1. The number of imidazole rings is 1. The molecule has 1 aromatic carbocycles. The van der Waals surface area contributed by atoms with Gasteiger partial charge in [-0.2, -0.15) is 26.3 Å². The molecule has 0 bridgehead atoms. The molecular weight excluding hydrogens is 452 g/mol. The summed E-state index contributed by atoms with van der Waals surface area (Å²) in [4.78, 5) is 4.19. The number of aryl methyl sites for hydroxylation is 1. The van der Waals surface area contributed by atoms with E-state index < -0.39 is 36.0 Å². The van der Waals surface area contributed by atoms with Gasteiger partial charge in [0.2, 0.25) is 5.95 Å². The predicted octanol–water partition coefficient (Wildman–Crippen LogP) is 4.94. The number of nitrogens with zero attached hydrogens (tertiary/aromatic N) is 4. The number of alkyl halides is 6. The number of fused-ring (bicyclic) bond motifs is 1. The Morgan fingerprint density at radius 2 is 1.82 bits per heavy atom. The smallest absolute Gasteiger partial charge is 0.391 e. The Labute approximate surface area is 184 Å². The molecule has 0 amide bonds. The van der Waals surface area contributed by atoms with E-state index in [0.29, 0.717) is 30.1 Å². The van der Waals surface area contributed by atoms with Crippen LogP contribution < -0.4 is 5.32 Å². The van der Waals surface area contributed by atoms with E-state index in [0.717, 1.165) is 25.0 Å². The first-order valence-electron chi connectivity index (χ1n) is 10.4. The largest absolute Gasteiger partial charge is 0.416 e. The number of nitrogens with one attached hydrogen (secondary N) is 1. The van der Waals surface area contributed by atoms with Crippen LogP contribution in [0.4, 0.5) is 32.3 Å². The van der Waals surface area contributed by atoms with Gasteiger partial charge >= 0.3 is 12.4 Å². The first-order chi connectivity index (χ1) is 15.4. The second-order valence-corrected chi connectivity index (χ2v) is 8.19. The van der Waals surface area contributed by atoms with E-state index in [2.05, 4.69) is 20.5 Å². The molecule has 2 N–H and O–H groups in total. The highest BCUT2D eigenvalue weighted by Gasteiger charge is 2.35. The van der Waals surface area contributed by atoms with Crippen LogP contribution in [0, 0.1) is 6.92 Å². The molecule has 3 aromatic rings. The Morgan fingerprint density at radius 1 is 1.09 bits per heavy atom. The first-order valence-corrected chi connectivity index (χ1v) is 10.4. The minimum Gasteiger partial charge on any atom is -0.391 e. The summed E-state index contributed by atoms with van der Waals surface area (Å²) in [5.41, 5.74) is -1.11. The maximum atomic E-state index is 13.2. The minimum atomic E-state index is -4.79. The van der Waals surface area contributed by atoms with Crippen molar-refractivity contribution in [2.75, 3.05) is 5.32 Å². The maximum Gasteiger partial charge on any atom is 0.416 e. The zero-order valence-corrected chi connectivity index (χ0v) is 17.5. The van der Waals surface area contributed by atoms with Gasteiger partial charge in [0.25, 0.3) is 0 Å². The van der Waals surface area contributed by atoms with Crippen molar-refractivity contribution in [2.24, 2.45) is 0 Å². The molecule has 4 rings (SSSR count). The number of aromatic nitrogens is 4. The van der Waals surface area contributed by atoms with Gasteiger partial charge in [-0.1, -0.05) is 18.9 Å². The van der Waals surface area contributed by atoms with Crippen LogP contribution in [-0.2, 0) is 12.6 Å². The number of hydrogen-bond acceptors (Lipinski definition) is 5. The van der Waals surface area contributed by atoms with Crippen molar-refractivity contribution in [1.29, 1.82) is 0 Å². The van der Waals surface area contributed by atoms with Crippen LogP contribution in [0.1, 0.15) is 42.5 Å². The molecule has 178 valence electrons. The second-order valence-electron chi connectivity index (χ2n) is 8.19. The van der Waals surface area contributed by atoms with Crippen molar-refractivity contribution < 1.29 is 31.4 Å². The van der Waals surface area contributed by atoms with Gasteiger partial charge in [0, 0.05) is 5.56 Å². The Hall–Kier alpha value is -2.89. The van der Waals surface area contributed by atoms with Crippen LogP contribution >= 0.6 is 0 Å². The van der Waals surface area contributed by atoms with Gasteiger partial charge in [0.1, 0.15) is 12.0 Å². The molecule has 0 spiro atoms. The van der Waals surface area contributed by atoms with E-state index in [-0.39, 0.29) is 23.2 Å². The Balaban J connectivity index is 1.82. The highest BCUT2D eigenvalue weighted by atomic mass is 19.4. The summed E-state index contributed by atoms with van der Waals surface area (Å²) in [6.45, 7) is 1.62. The molecule has 1 aliphatic carbocycles. The highest BCUT2D eigenvalue weighted by Crippen LogP contribution is 2.37. The summed E-state index contributed by atoms with van der Waals surface area (Å²) >= 11 is 0. The van der Waals surface area contributed by atoms with Gasteiger partial charge in [-0.05, 0) is 37.5 Å². The number of benzene rings is 1. The molecule has 1 saturated carbocycles. The van der Waals surface area contributed by atoms with Crippen molar-refractivity contribution in [1.82, 2.24) is 19.6 Å². The predicted molar refractivity (Wildman–Crippen MR) is 108 cm³/mol. The second kappa shape index (κ2) is 8.47. The third-order valence-electron chi connectivity index (χ3n) is 5.77. The van der Waals surface area contributed by atoms with E-state index >= 15 is 0 Å². The van der Waals surface area contributed by atoms with Gasteiger partial charge in [0.15, 0.2) is 0 Å². The lowest BCUT2D eigenvalue weighted by Gasteiger charge is -2.28. The lowest BCUT2D eigenvalue weighted by Crippen LogP contribution is -2.37. The molecule has 0 aliphatic heterocycles. The van der Waals surface area contributed by atoms with Crippen LogP contribution in [0.3, 0.4) is 0 Å². The minimum absolute atomic E-state index is 0.00674. The average Bonchev–Trinajstić information content (AvgIpc) is 3.11. The van der Waals surface area contributed by atoms with Gasteiger partial charge in [-0.3, -0.25) is 4.40 Å². The van der Waals surface area contributed by atoms with E-state index in [4.69, 9.17) is 0 Å². The topological polar surface area (TPSA) is 75.3 Å². The van der Waals surface area contributed by atoms with Crippen molar-refractivity contribution in [3.63, 3.8) is 0 Å². The zero-order chi connectivity index (χ0) is 24.0. The van der Waals surface area contributed by atoms with Gasteiger partial charge in [0.05, 0.1) is 35.3 Å². The molecule has 2 atom stereocenters. The fourth-order valence-electron chi connectivity index (χ4n) is 4.17. The van der Waals surface area contributed by atoms with Gasteiger partial charge in [-0.25, -0.2) is 4.98 Å². The van der Waals surface area contributed by atoms with Crippen LogP contribution in [0.2, 0.25) is 0 Å². The van der Waals surface area contributed by atoms with E-state index in [1.54, 1.807) is 6.92 Å². The van der Waals surface area contributed by atoms with Crippen LogP contribution in [-0.4, -0.2) is 43.0 Å². The van der Waals surface area contributed by atoms with Crippen molar-refractivity contribution in [3.05, 3.63) is 41.3 Å². The first kappa shape index (κ1) is 23.3. The molecule has 1 aliphatic rings. The van der Waals surface area contributed by atoms with E-state index in [1.807, 2.05) is 0 Å². The average molecular weight is 473 g/mol.